The number of carbonyl (C=O) groups excluding carboxylic acids is 1. The first-order chi connectivity index (χ1) is 9.50. The van der Waals surface area contributed by atoms with Crippen LogP contribution in [0.25, 0.3) is 0 Å². The fraction of sp³-hybridized carbons (Fsp3) is 0.133. The molecule has 0 N–H and O–H groups in total. The van der Waals surface area contributed by atoms with Gasteiger partial charge in [0.2, 0.25) is 0 Å². The van der Waals surface area contributed by atoms with Crippen molar-refractivity contribution >= 4 is 39.8 Å². The average Bonchev–Trinajstić information content (AvgIpc) is 2.46. The Hall–Kier alpha value is -1.16. The Morgan fingerprint density at radius 1 is 1.10 bits per heavy atom. The molecule has 0 aliphatic carbocycles. The van der Waals surface area contributed by atoms with Gasteiger partial charge in [-0.3, -0.25) is 9.00 Å². The minimum Gasteiger partial charge on any atom is -0.293 e. The van der Waals surface area contributed by atoms with Crippen molar-refractivity contribution in [3.8, 4) is 0 Å². The second-order valence-corrected chi connectivity index (χ2v) is 6.86. The van der Waals surface area contributed by atoms with Crippen LogP contribution in [0.4, 0.5) is 0 Å². The molecule has 0 aliphatic rings. The molecule has 0 spiro atoms. The fourth-order valence-corrected chi connectivity index (χ4v) is 3.42. The second-order valence-electron chi connectivity index (χ2n) is 4.24. The maximum atomic E-state index is 12.4. The number of hydrogen-bond acceptors (Lipinski definition) is 2. The van der Waals surface area contributed by atoms with Gasteiger partial charge in [-0.2, -0.15) is 0 Å². The quantitative estimate of drug-likeness (QED) is 0.781. The summed E-state index contributed by atoms with van der Waals surface area (Å²) in [5, 5.41) is 0.0684. The molecule has 5 heteroatoms. The Kier molecular flexibility index (Phi) is 4.97. The van der Waals surface area contributed by atoms with Crippen LogP contribution < -0.4 is 0 Å². The Bertz CT molecular complexity index is 656. The van der Waals surface area contributed by atoms with Crippen molar-refractivity contribution in [3.05, 3.63) is 64.1 Å². The molecular formula is C15H12Cl2O2S. The molecule has 0 aliphatic heterocycles. The smallest absolute Gasteiger partial charge is 0.179 e. The highest BCUT2D eigenvalue weighted by atomic mass is 35.5. The second kappa shape index (κ2) is 6.53. The van der Waals surface area contributed by atoms with Crippen molar-refractivity contribution in [1.82, 2.24) is 0 Å². The molecule has 2 aromatic rings. The molecule has 104 valence electrons. The standard InChI is InChI=1S/C15H12Cl2O2S/c1-10(20(19)12-5-3-2-4-6-12)15(18)13-8-7-11(16)9-14(13)17/h2-10H,1H3. The van der Waals surface area contributed by atoms with Crippen LogP contribution in [-0.2, 0) is 10.8 Å². The third-order valence-corrected chi connectivity index (χ3v) is 5.00. The van der Waals surface area contributed by atoms with E-state index in [4.69, 9.17) is 23.2 Å². The molecule has 2 atom stereocenters. The molecule has 2 unspecified atom stereocenters. The Labute approximate surface area is 130 Å². The van der Waals surface area contributed by atoms with Gasteiger partial charge in [-0.25, -0.2) is 0 Å². The lowest BCUT2D eigenvalue weighted by atomic mass is 10.1. The number of benzene rings is 2. The Balaban J connectivity index is 2.27. The maximum Gasteiger partial charge on any atom is 0.179 e. The fourth-order valence-electron chi connectivity index (χ4n) is 1.76. The predicted octanol–water partition coefficient (Wildman–Crippen LogP) is 4.37. The molecule has 0 radical (unpaired) electrons. The third-order valence-electron chi connectivity index (χ3n) is 2.86. The van der Waals surface area contributed by atoms with Gasteiger partial charge >= 0.3 is 0 Å². The van der Waals surface area contributed by atoms with Gasteiger partial charge in [0.15, 0.2) is 5.78 Å². The van der Waals surface area contributed by atoms with Crippen molar-refractivity contribution in [1.29, 1.82) is 0 Å². The van der Waals surface area contributed by atoms with Crippen LogP contribution in [-0.4, -0.2) is 15.2 Å². The van der Waals surface area contributed by atoms with Crippen LogP contribution in [0.15, 0.2) is 53.4 Å². The summed E-state index contributed by atoms with van der Waals surface area (Å²) in [5.74, 6) is -0.256. The van der Waals surface area contributed by atoms with Crippen LogP contribution in [0.3, 0.4) is 0 Å². The molecule has 0 saturated heterocycles. The summed E-state index contributed by atoms with van der Waals surface area (Å²) < 4.78 is 12.4. The molecule has 0 fully saturated rings. The maximum absolute atomic E-state index is 12.4. The van der Waals surface area contributed by atoms with E-state index in [1.807, 2.05) is 6.07 Å². The van der Waals surface area contributed by atoms with Crippen LogP contribution in [0.5, 0.6) is 0 Å². The van der Waals surface area contributed by atoms with Gasteiger partial charge in [0, 0.05) is 15.5 Å². The van der Waals surface area contributed by atoms with Crippen molar-refractivity contribution in [2.75, 3.05) is 0 Å². The number of halogens is 2. The van der Waals surface area contributed by atoms with E-state index in [1.54, 1.807) is 43.3 Å². The van der Waals surface area contributed by atoms with Crippen molar-refractivity contribution < 1.29 is 9.00 Å². The monoisotopic (exact) mass is 326 g/mol. The number of rotatable bonds is 4. The van der Waals surface area contributed by atoms with Crippen LogP contribution in [0.1, 0.15) is 17.3 Å². The van der Waals surface area contributed by atoms with E-state index in [1.165, 1.54) is 6.07 Å². The number of hydrogen-bond donors (Lipinski definition) is 0. The minimum atomic E-state index is -1.41. The first-order valence-electron chi connectivity index (χ1n) is 5.95. The van der Waals surface area contributed by atoms with Gasteiger partial charge in [-0.1, -0.05) is 41.4 Å². The SMILES string of the molecule is CC(C(=O)c1ccc(Cl)cc1Cl)S(=O)c1ccccc1. The summed E-state index contributed by atoms with van der Waals surface area (Å²) in [7, 11) is -1.41. The van der Waals surface area contributed by atoms with Crippen molar-refractivity contribution in [3.63, 3.8) is 0 Å². The zero-order valence-corrected chi connectivity index (χ0v) is 13.0. The number of Topliss-reactive ketones (excluding diaryl/α,β-unsaturated/α-hetero) is 1. The Morgan fingerprint density at radius 2 is 1.75 bits per heavy atom. The summed E-state index contributed by atoms with van der Waals surface area (Å²) in [6, 6.07) is 13.6. The van der Waals surface area contributed by atoms with Gasteiger partial charge in [-0.05, 0) is 37.3 Å². The summed E-state index contributed by atoms with van der Waals surface area (Å²) >= 11 is 11.8. The molecule has 0 bridgehead atoms. The Morgan fingerprint density at radius 3 is 2.35 bits per heavy atom. The van der Waals surface area contributed by atoms with E-state index in [0.717, 1.165) is 0 Å². The third kappa shape index (κ3) is 3.29. The lowest BCUT2D eigenvalue weighted by Crippen LogP contribution is -2.23. The molecule has 2 aromatic carbocycles. The molecule has 2 rings (SSSR count). The van der Waals surface area contributed by atoms with E-state index in [2.05, 4.69) is 0 Å². The average molecular weight is 327 g/mol. The first-order valence-corrected chi connectivity index (χ1v) is 7.92. The predicted molar refractivity (Wildman–Crippen MR) is 83.1 cm³/mol. The molecule has 0 aromatic heterocycles. The van der Waals surface area contributed by atoms with Crippen LogP contribution >= 0.6 is 23.2 Å². The lowest BCUT2D eigenvalue weighted by molar-refractivity contribution is 0.0993. The molecule has 0 amide bonds. The van der Waals surface area contributed by atoms with Gasteiger partial charge in [0.05, 0.1) is 21.1 Å². The highest BCUT2D eigenvalue weighted by molar-refractivity contribution is 7.86. The highest BCUT2D eigenvalue weighted by Gasteiger charge is 2.24. The highest BCUT2D eigenvalue weighted by Crippen LogP contribution is 2.24. The van der Waals surface area contributed by atoms with Crippen molar-refractivity contribution in [2.24, 2.45) is 0 Å². The lowest BCUT2D eigenvalue weighted by Gasteiger charge is -2.12. The van der Waals surface area contributed by atoms with Gasteiger partial charge < -0.3 is 0 Å². The van der Waals surface area contributed by atoms with Crippen LogP contribution in [0.2, 0.25) is 10.0 Å². The summed E-state index contributed by atoms with van der Waals surface area (Å²) in [6.45, 7) is 1.64. The van der Waals surface area contributed by atoms with E-state index in [-0.39, 0.29) is 10.8 Å². The molecule has 0 heterocycles. The van der Waals surface area contributed by atoms with E-state index >= 15 is 0 Å². The van der Waals surface area contributed by atoms with E-state index in [0.29, 0.717) is 15.5 Å². The van der Waals surface area contributed by atoms with E-state index in [9.17, 15) is 9.00 Å². The summed E-state index contributed by atoms with van der Waals surface area (Å²) in [6.07, 6.45) is 0. The molecular weight excluding hydrogens is 315 g/mol. The normalized spacial score (nSPS) is 13.8. The van der Waals surface area contributed by atoms with Gasteiger partial charge in [-0.15, -0.1) is 0 Å². The van der Waals surface area contributed by atoms with Gasteiger partial charge in [0.1, 0.15) is 0 Å². The topological polar surface area (TPSA) is 34.1 Å². The first kappa shape index (κ1) is 15.2. The van der Waals surface area contributed by atoms with Gasteiger partial charge in [0.25, 0.3) is 0 Å². The number of ketones is 1. The molecule has 0 saturated carbocycles. The zero-order chi connectivity index (χ0) is 14.7. The largest absolute Gasteiger partial charge is 0.293 e. The van der Waals surface area contributed by atoms with Crippen LogP contribution in [0, 0.1) is 0 Å². The molecule has 2 nitrogen and oxygen atoms in total. The summed E-state index contributed by atoms with van der Waals surface area (Å²) in [5.41, 5.74) is 0.341. The van der Waals surface area contributed by atoms with Crippen molar-refractivity contribution in [2.45, 2.75) is 17.1 Å². The van der Waals surface area contributed by atoms with E-state index < -0.39 is 16.0 Å². The summed E-state index contributed by atoms with van der Waals surface area (Å²) in [4.78, 5) is 13.0. The zero-order valence-electron chi connectivity index (χ0n) is 10.7. The number of carbonyl (C=O) groups is 1. The minimum absolute atomic E-state index is 0.256. The molecule has 20 heavy (non-hydrogen) atoms.